The molecular formula is C21H24N4O5S. The molecule has 3 unspecified atom stereocenters. The molecule has 1 aromatic carbocycles. The zero-order chi connectivity index (χ0) is 22.0. The second kappa shape index (κ2) is 8.74. The molecule has 1 aromatic heterocycles. The van der Waals surface area contributed by atoms with Gasteiger partial charge in [-0.15, -0.1) is 0 Å². The largest absolute Gasteiger partial charge is 0.437 e. The summed E-state index contributed by atoms with van der Waals surface area (Å²) in [6.07, 6.45) is 5.00. The molecule has 0 radical (unpaired) electrons. The lowest BCUT2D eigenvalue weighted by Gasteiger charge is -2.33. The van der Waals surface area contributed by atoms with E-state index in [9.17, 15) is 13.2 Å². The number of piperidine rings is 1. The molecule has 0 bridgehead atoms. The summed E-state index contributed by atoms with van der Waals surface area (Å²) in [5.41, 5.74) is 0.723. The Balaban J connectivity index is 1.41. The molecular weight excluding hydrogens is 420 g/mol. The molecule has 10 heteroatoms. The number of aryl methyl sites for hydroxylation is 1. The van der Waals surface area contributed by atoms with E-state index in [0.29, 0.717) is 31.0 Å². The van der Waals surface area contributed by atoms with Crippen molar-refractivity contribution in [2.45, 2.75) is 37.0 Å². The van der Waals surface area contributed by atoms with Gasteiger partial charge in [0.1, 0.15) is 12.0 Å². The van der Waals surface area contributed by atoms with Gasteiger partial charge in [-0.3, -0.25) is 9.78 Å². The second-order valence-electron chi connectivity index (χ2n) is 7.60. The number of carbonyl (C=O) groups is 1. The van der Waals surface area contributed by atoms with Crippen molar-refractivity contribution in [1.82, 2.24) is 19.6 Å². The van der Waals surface area contributed by atoms with Crippen LogP contribution >= 0.6 is 0 Å². The van der Waals surface area contributed by atoms with Gasteiger partial charge in [-0.05, 0) is 56.0 Å². The quantitative estimate of drug-likeness (QED) is 0.679. The van der Waals surface area contributed by atoms with E-state index in [2.05, 4.69) is 21.9 Å². The Labute approximate surface area is 181 Å². The highest BCUT2D eigenvalue weighted by Crippen LogP contribution is 2.34. The number of hydrogen-bond donors (Lipinski definition) is 1. The van der Waals surface area contributed by atoms with Crippen molar-refractivity contribution in [3.05, 3.63) is 55.0 Å². The highest BCUT2D eigenvalue weighted by atomic mass is 32.2. The molecule has 1 amide bonds. The number of amides is 1. The van der Waals surface area contributed by atoms with Crippen molar-refractivity contribution in [3.63, 3.8) is 0 Å². The Bertz CT molecular complexity index is 1070. The standard InChI is InChI=1S/C21H24N4O5S/c1-3-19(26)24-20-10-15-8-9-25(13-18(15)30-20)31(27,28)17-6-4-16(5-7-17)29-21-12-22-11-14(2)23-21/h3-7,11-12,15,18,20H,1,8-10,13H2,2H3,(H,24,26). The van der Waals surface area contributed by atoms with Crippen LogP contribution in [0.5, 0.6) is 11.6 Å². The maximum absolute atomic E-state index is 13.1. The maximum atomic E-state index is 13.1. The van der Waals surface area contributed by atoms with Crippen LogP contribution in [0.4, 0.5) is 0 Å². The van der Waals surface area contributed by atoms with Crippen molar-refractivity contribution in [3.8, 4) is 11.6 Å². The van der Waals surface area contributed by atoms with E-state index < -0.39 is 16.3 Å². The summed E-state index contributed by atoms with van der Waals surface area (Å²) < 4.78 is 39.2. The first kappa shape index (κ1) is 21.4. The predicted molar refractivity (Wildman–Crippen MR) is 112 cm³/mol. The molecule has 0 aliphatic carbocycles. The summed E-state index contributed by atoms with van der Waals surface area (Å²) >= 11 is 0. The van der Waals surface area contributed by atoms with E-state index in [0.717, 1.165) is 5.69 Å². The molecule has 2 aromatic rings. The Kier molecular flexibility index (Phi) is 6.03. The van der Waals surface area contributed by atoms with Gasteiger partial charge >= 0.3 is 0 Å². The smallest absolute Gasteiger partial charge is 0.245 e. The molecule has 3 atom stereocenters. The van der Waals surface area contributed by atoms with Crippen molar-refractivity contribution in [1.29, 1.82) is 0 Å². The minimum Gasteiger partial charge on any atom is -0.437 e. The van der Waals surface area contributed by atoms with Gasteiger partial charge in [0.15, 0.2) is 0 Å². The molecule has 4 rings (SSSR count). The number of aromatic nitrogens is 2. The molecule has 164 valence electrons. The van der Waals surface area contributed by atoms with Crippen LogP contribution in [0.3, 0.4) is 0 Å². The van der Waals surface area contributed by atoms with Crippen LogP contribution in [0.15, 0.2) is 54.2 Å². The van der Waals surface area contributed by atoms with Crippen molar-refractivity contribution in [2.75, 3.05) is 13.1 Å². The van der Waals surface area contributed by atoms with Gasteiger partial charge in [-0.25, -0.2) is 13.4 Å². The van der Waals surface area contributed by atoms with Crippen molar-refractivity contribution < 1.29 is 22.7 Å². The van der Waals surface area contributed by atoms with Gasteiger partial charge in [0.05, 0.1) is 22.9 Å². The zero-order valence-electron chi connectivity index (χ0n) is 17.1. The molecule has 2 aliphatic heterocycles. The highest BCUT2D eigenvalue weighted by Gasteiger charge is 2.42. The number of sulfonamides is 1. The summed E-state index contributed by atoms with van der Waals surface area (Å²) in [5.74, 6) is 0.728. The monoisotopic (exact) mass is 444 g/mol. The predicted octanol–water partition coefficient (Wildman–Crippen LogP) is 2.01. The fourth-order valence-electron chi connectivity index (χ4n) is 3.87. The summed E-state index contributed by atoms with van der Waals surface area (Å²) in [5, 5.41) is 2.73. The number of nitrogens with zero attached hydrogens (tertiary/aromatic N) is 3. The summed E-state index contributed by atoms with van der Waals surface area (Å²) in [6.45, 7) is 5.91. The molecule has 0 spiro atoms. The lowest BCUT2D eigenvalue weighted by Crippen LogP contribution is -2.45. The van der Waals surface area contributed by atoms with Crippen LogP contribution in [-0.4, -0.2) is 54.0 Å². The van der Waals surface area contributed by atoms with Gasteiger partial charge < -0.3 is 14.8 Å². The van der Waals surface area contributed by atoms with Crippen LogP contribution in [0.1, 0.15) is 18.5 Å². The van der Waals surface area contributed by atoms with Crippen molar-refractivity contribution in [2.24, 2.45) is 5.92 Å². The highest BCUT2D eigenvalue weighted by molar-refractivity contribution is 7.89. The first-order valence-corrected chi connectivity index (χ1v) is 11.4. The minimum atomic E-state index is -3.68. The average Bonchev–Trinajstić information content (AvgIpc) is 3.15. The Hall–Kier alpha value is -2.82. The van der Waals surface area contributed by atoms with Gasteiger partial charge in [-0.2, -0.15) is 4.31 Å². The van der Waals surface area contributed by atoms with Gasteiger partial charge in [0.25, 0.3) is 0 Å². The number of hydrogen-bond acceptors (Lipinski definition) is 7. The van der Waals surface area contributed by atoms with E-state index in [1.165, 1.54) is 28.7 Å². The van der Waals surface area contributed by atoms with Crippen LogP contribution in [-0.2, 0) is 19.6 Å². The van der Waals surface area contributed by atoms with E-state index in [1.54, 1.807) is 18.3 Å². The normalized spacial score (nSPS) is 23.7. The van der Waals surface area contributed by atoms with E-state index in [-0.39, 0.29) is 29.4 Å². The van der Waals surface area contributed by atoms with Crippen LogP contribution in [0.25, 0.3) is 0 Å². The number of benzene rings is 1. The second-order valence-corrected chi connectivity index (χ2v) is 9.53. The average molecular weight is 445 g/mol. The fourth-order valence-corrected chi connectivity index (χ4v) is 5.34. The molecule has 3 heterocycles. The van der Waals surface area contributed by atoms with E-state index in [1.807, 2.05) is 6.92 Å². The maximum Gasteiger partial charge on any atom is 0.245 e. The Morgan fingerprint density at radius 2 is 2.10 bits per heavy atom. The van der Waals surface area contributed by atoms with Crippen LogP contribution < -0.4 is 10.1 Å². The Morgan fingerprint density at radius 3 is 2.81 bits per heavy atom. The van der Waals surface area contributed by atoms with E-state index >= 15 is 0 Å². The summed E-state index contributed by atoms with van der Waals surface area (Å²) in [4.78, 5) is 19.9. The lowest BCUT2D eigenvalue weighted by atomic mass is 9.94. The summed E-state index contributed by atoms with van der Waals surface area (Å²) in [7, 11) is -3.68. The zero-order valence-corrected chi connectivity index (χ0v) is 17.9. The molecule has 0 saturated carbocycles. The lowest BCUT2D eigenvalue weighted by molar-refractivity contribution is -0.120. The molecule has 2 aliphatic rings. The Morgan fingerprint density at radius 1 is 1.32 bits per heavy atom. The summed E-state index contributed by atoms with van der Waals surface area (Å²) in [6, 6.07) is 6.22. The fraction of sp³-hybridized carbons (Fsp3) is 0.381. The number of rotatable bonds is 6. The number of ether oxygens (including phenoxy) is 2. The first-order valence-electron chi connectivity index (χ1n) is 10.0. The molecule has 1 N–H and O–H groups in total. The third-order valence-electron chi connectivity index (χ3n) is 5.42. The van der Waals surface area contributed by atoms with Crippen LogP contribution in [0, 0.1) is 12.8 Å². The SMILES string of the molecule is C=CC(=O)NC1CC2CCN(S(=O)(=O)c3ccc(Oc4cncc(C)n4)cc3)CC2O1. The minimum absolute atomic E-state index is 0.183. The molecule has 9 nitrogen and oxygen atoms in total. The topological polar surface area (TPSA) is 111 Å². The third-order valence-corrected chi connectivity index (χ3v) is 7.30. The number of carbonyl (C=O) groups excluding carboxylic acids is 1. The van der Waals surface area contributed by atoms with Crippen molar-refractivity contribution >= 4 is 15.9 Å². The van der Waals surface area contributed by atoms with Crippen LogP contribution in [0.2, 0.25) is 0 Å². The van der Waals surface area contributed by atoms with Gasteiger partial charge in [-0.1, -0.05) is 6.58 Å². The number of nitrogens with one attached hydrogen (secondary N) is 1. The van der Waals surface area contributed by atoms with Gasteiger partial charge in [0, 0.05) is 19.3 Å². The molecule has 2 fully saturated rings. The molecule has 2 saturated heterocycles. The first-order chi connectivity index (χ1) is 14.8. The van der Waals surface area contributed by atoms with Gasteiger partial charge in [0.2, 0.25) is 21.8 Å². The van der Waals surface area contributed by atoms with E-state index in [4.69, 9.17) is 9.47 Å². The molecule has 31 heavy (non-hydrogen) atoms. The number of fused-ring (bicyclic) bond motifs is 1. The third kappa shape index (κ3) is 4.76.